The Morgan fingerprint density at radius 3 is 2.71 bits per heavy atom. The summed E-state index contributed by atoms with van der Waals surface area (Å²) in [6.07, 6.45) is 1.72. The Morgan fingerprint density at radius 2 is 1.92 bits per heavy atom. The average Bonchev–Trinajstić information content (AvgIpc) is 3.60. The number of ether oxygens (including phenoxy) is 3. The van der Waals surface area contributed by atoms with Gasteiger partial charge in [0.25, 0.3) is 5.91 Å². The summed E-state index contributed by atoms with van der Waals surface area (Å²) < 4.78 is 17.0. The molecular formula is C30H34N2O5S. The van der Waals surface area contributed by atoms with Gasteiger partial charge in [-0.25, -0.2) is 0 Å². The number of thiophene rings is 1. The second-order valence-electron chi connectivity index (χ2n) is 10.0. The topological polar surface area (TPSA) is 68.3 Å². The number of carbonyl (C=O) groups excluding carboxylic acids is 2. The maximum absolute atomic E-state index is 13.8. The van der Waals surface area contributed by atoms with Crippen molar-refractivity contribution in [1.82, 2.24) is 9.80 Å². The lowest BCUT2D eigenvalue weighted by Crippen LogP contribution is -2.48. The second-order valence-corrected chi connectivity index (χ2v) is 11.0. The molecule has 3 heterocycles. The van der Waals surface area contributed by atoms with Gasteiger partial charge in [0.1, 0.15) is 18.9 Å². The molecule has 5 rings (SSSR count). The van der Waals surface area contributed by atoms with E-state index >= 15 is 0 Å². The molecule has 2 aliphatic rings. The van der Waals surface area contributed by atoms with Crippen molar-refractivity contribution in [3.63, 3.8) is 0 Å². The minimum Gasteiger partial charge on any atom is -0.491 e. The highest BCUT2D eigenvalue weighted by Crippen LogP contribution is 2.35. The van der Waals surface area contributed by atoms with Crippen molar-refractivity contribution >= 4 is 23.2 Å². The van der Waals surface area contributed by atoms with Crippen LogP contribution in [0.3, 0.4) is 0 Å². The van der Waals surface area contributed by atoms with Gasteiger partial charge >= 0.3 is 0 Å². The van der Waals surface area contributed by atoms with Crippen LogP contribution in [0.2, 0.25) is 0 Å². The van der Waals surface area contributed by atoms with E-state index < -0.39 is 0 Å². The summed E-state index contributed by atoms with van der Waals surface area (Å²) in [5, 5.41) is 2.08. The number of nitrogens with zero attached hydrogens (tertiary/aromatic N) is 2. The van der Waals surface area contributed by atoms with Crippen LogP contribution in [0, 0.1) is 12.8 Å². The van der Waals surface area contributed by atoms with Crippen LogP contribution in [0.15, 0.2) is 53.9 Å². The van der Waals surface area contributed by atoms with Crippen LogP contribution in [0.25, 0.3) is 0 Å². The van der Waals surface area contributed by atoms with Gasteiger partial charge in [-0.05, 0) is 66.6 Å². The summed E-state index contributed by atoms with van der Waals surface area (Å²) >= 11 is 1.72. The molecule has 7 nitrogen and oxygen atoms in total. The molecular weight excluding hydrogens is 500 g/mol. The van der Waals surface area contributed by atoms with Gasteiger partial charge in [-0.3, -0.25) is 9.59 Å². The highest BCUT2D eigenvalue weighted by molar-refractivity contribution is 7.10. The molecule has 2 atom stereocenters. The van der Waals surface area contributed by atoms with Crippen LogP contribution in [0.1, 0.15) is 52.7 Å². The zero-order chi connectivity index (χ0) is 26.6. The van der Waals surface area contributed by atoms with Crippen LogP contribution in [0.4, 0.5) is 0 Å². The van der Waals surface area contributed by atoms with Crippen LogP contribution in [-0.4, -0.2) is 54.6 Å². The van der Waals surface area contributed by atoms with Crippen molar-refractivity contribution in [3.05, 3.63) is 75.5 Å². The van der Waals surface area contributed by atoms with Gasteiger partial charge in [0.05, 0.1) is 6.04 Å². The zero-order valence-corrected chi connectivity index (χ0v) is 23.0. The third-order valence-electron chi connectivity index (χ3n) is 7.31. The smallest absolute Gasteiger partial charge is 0.254 e. The fourth-order valence-electron chi connectivity index (χ4n) is 4.88. The van der Waals surface area contributed by atoms with Crippen LogP contribution in [-0.2, 0) is 11.2 Å². The third kappa shape index (κ3) is 5.65. The van der Waals surface area contributed by atoms with Gasteiger partial charge in [0.2, 0.25) is 12.7 Å². The van der Waals surface area contributed by atoms with E-state index in [-0.39, 0.29) is 37.1 Å². The van der Waals surface area contributed by atoms with E-state index in [9.17, 15) is 9.59 Å². The summed E-state index contributed by atoms with van der Waals surface area (Å²) in [5.41, 5.74) is 2.79. The molecule has 2 aromatic carbocycles. The van der Waals surface area contributed by atoms with Crippen molar-refractivity contribution in [2.75, 3.05) is 33.0 Å². The molecule has 0 fully saturated rings. The van der Waals surface area contributed by atoms with E-state index in [1.54, 1.807) is 34.4 Å². The first-order chi connectivity index (χ1) is 18.4. The number of rotatable bonds is 9. The molecule has 1 aromatic heterocycles. The van der Waals surface area contributed by atoms with Gasteiger partial charge in [0, 0.05) is 23.5 Å². The highest BCUT2D eigenvalue weighted by Gasteiger charge is 2.34. The largest absolute Gasteiger partial charge is 0.491 e. The predicted octanol–water partition coefficient (Wildman–Crippen LogP) is 5.48. The molecule has 8 heteroatoms. The molecule has 3 aromatic rings. The average molecular weight is 535 g/mol. The van der Waals surface area contributed by atoms with Gasteiger partial charge in [-0.2, -0.15) is 0 Å². The molecule has 2 amide bonds. The quantitative estimate of drug-likeness (QED) is 0.364. The molecule has 38 heavy (non-hydrogen) atoms. The monoisotopic (exact) mass is 534 g/mol. The van der Waals surface area contributed by atoms with E-state index in [1.807, 2.05) is 36.1 Å². The van der Waals surface area contributed by atoms with Crippen molar-refractivity contribution in [2.24, 2.45) is 5.92 Å². The van der Waals surface area contributed by atoms with E-state index in [0.717, 1.165) is 24.2 Å². The first-order valence-corrected chi connectivity index (χ1v) is 14.0. The molecule has 0 unspecified atom stereocenters. The number of fused-ring (bicyclic) bond motifs is 2. The number of hydrogen-bond donors (Lipinski definition) is 0. The van der Waals surface area contributed by atoms with Crippen molar-refractivity contribution < 1.29 is 23.8 Å². The first kappa shape index (κ1) is 26.1. The number of hydrogen-bond acceptors (Lipinski definition) is 6. The molecule has 2 aliphatic heterocycles. The minimum absolute atomic E-state index is 0.0120. The van der Waals surface area contributed by atoms with Crippen LogP contribution < -0.4 is 14.2 Å². The summed E-state index contributed by atoms with van der Waals surface area (Å²) in [7, 11) is 0. The molecule has 0 N–H and O–H groups in total. The van der Waals surface area contributed by atoms with Gasteiger partial charge < -0.3 is 24.0 Å². The minimum atomic E-state index is -0.204. The van der Waals surface area contributed by atoms with Gasteiger partial charge in [-0.15, -0.1) is 11.3 Å². The Hall–Kier alpha value is -3.52. The normalized spacial score (nSPS) is 16.6. The maximum Gasteiger partial charge on any atom is 0.254 e. The first-order valence-electron chi connectivity index (χ1n) is 13.2. The van der Waals surface area contributed by atoms with Crippen molar-refractivity contribution in [3.8, 4) is 17.2 Å². The van der Waals surface area contributed by atoms with E-state index in [1.165, 1.54) is 10.4 Å². The predicted molar refractivity (Wildman–Crippen MR) is 147 cm³/mol. The fraction of sp³-hybridized carbons (Fsp3) is 0.400. The molecule has 0 bridgehead atoms. The second kappa shape index (κ2) is 11.5. The summed E-state index contributed by atoms with van der Waals surface area (Å²) in [4.78, 5) is 32.3. The molecule has 0 spiro atoms. The number of amides is 2. The molecule has 0 saturated carbocycles. The lowest BCUT2D eigenvalue weighted by atomic mass is 10.00. The molecule has 0 saturated heterocycles. The fourth-order valence-corrected chi connectivity index (χ4v) is 5.80. The van der Waals surface area contributed by atoms with Crippen LogP contribution in [0.5, 0.6) is 17.2 Å². The maximum atomic E-state index is 13.8. The third-order valence-corrected chi connectivity index (χ3v) is 8.30. The summed E-state index contributed by atoms with van der Waals surface area (Å²) in [5.74, 6) is 1.96. The van der Waals surface area contributed by atoms with E-state index in [2.05, 4.69) is 25.3 Å². The van der Waals surface area contributed by atoms with Gasteiger partial charge in [0.15, 0.2) is 11.5 Å². The molecule has 0 radical (unpaired) electrons. The van der Waals surface area contributed by atoms with Crippen LogP contribution >= 0.6 is 11.3 Å². The van der Waals surface area contributed by atoms with Crippen molar-refractivity contribution in [1.29, 1.82) is 0 Å². The summed E-state index contributed by atoms with van der Waals surface area (Å²) in [6, 6.07) is 15.0. The highest BCUT2D eigenvalue weighted by atomic mass is 32.1. The Balaban J connectivity index is 1.35. The zero-order valence-electron chi connectivity index (χ0n) is 22.1. The Kier molecular flexibility index (Phi) is 7.88. The van der Waals surface area contributed by atoms with Gasteiger partial charge in [-0.1, -0.05) is 38.0 Å². The summed E-state index contributed by atoms with van der Waals surface area (Å²) in [6.45, 7) is 7.85. The SMILES string of the molecule is CC[C@@H](C)CN(CC(=O)N1CCc2sccc2[C@@H]1COc1ccc(C)cc1)C(=O)c1ccc2c(c1)OCO2. The lowest BCUT2D eigenvalue weighted by molar-refractivity contribution is -0.135. The van der Waals surface area contributed by atoms with E-state index in [4.69, 9.17) is 14.2 Å². The number of benzene rings is 2. The molecule has 0 aliphatic carbocycles. The lowest BCUT2D eigenvalue weighted by Gasteiger charge is -2.37. The Labute approximate surface area is 227 Å². The number of aryl methyl sites for hydroxylation is 1. The number of carbonyl (C=O) groups is 2. The standard InChI is InChI=1S/C30H34N2O5S/c1-4-20(2)16-31(30(34)22-7-10-26-27(15-22)37-19-36-26)17-29(33)32-13-11-28-24(12-14-38-28)25(32)18-35-23-8-5-21(3)6-9-23/h5-10,12,14-15,20,25H,4,11,13,16-19H2,1-3H3/t20-,25+/m1/s1. The Morgan fingerprint density at radius 1 is 1.13 bits per heavy atom. The van der Waals surface area contributed by atoms with E-state index in [0.29, 0.717) is 36.8 Å². The van der Waals surface area contributed by atoms with Crippen molar-refractivity contribution in [2.45, 2.75) is 39.7 Å². The Bertz CT molecular complexity index is 1290. The molecule has 200 valence electrons.